The lowest BCUT2D eigenvalue weighted by Crippen LogP contribution is -2.35. The number of nitrogens with two attached hydrogens (primary N) is 1. The molecule has 4 heterocycles. The molecule has 0 radical (unpaired) electrons. The number of nitrogens with zero attached hydrogens (tertiary/aromatic N) is 4. The van der Waals surface area contributed by atoms with E-state index in [9.17, 15) is 10.2 Å². The number of aromatic nitrogens is 4. The minimum atomic E-state index is -1.14. The molecule has 0 amide bonds. The number of hydrogen-bond acceptors (Lipinski definition) is 9. The lowest BCUT2D eigenvalue weighted by molar-refractivity contribution is -0.185. The standard InChI is InChI=1S/C15H21N5O5/c16-13-10-14(18-6-17-13)20(7-19-10)15-12(22)11(21)8(25-15)5-24-9-3-1-2-4-23-9/h6-9,11-12,15,21-22H,1-5H2,(H2,16,17,18)/t8-,9?,11-,12+,15-/m1/s1. The molecule has 5 atom stereocenters. The van der Waals surface area contributed by atoms with E-state index in [1.54, 1.807) is 4.57 Å². The Labute approximate surface area is 143 Å². The number of fused-ring (bicyclic) bond motifs is 1. The second kappa shape index (κ2) is 6.81. The van der Waals surface area contributed by atoms with Crippen molar-refractivity contribution in [2.45, 2.75) is 50.1 Å². The zero-order chi connectivity index (χ0) is 17.4. The van der Waals surface area contributed by atoms with Gasteiger partial charge in [0.15, 0.2) is 24.0 Å². The molecule has 0 spiro atoms. The van der Waals surface area contributed by atoms with Crippen molar-refractivity contribution >= 4 is 17.0 Å². The summed E-state index contributed by atoms with van der Waals surface area (Å²) in [6.07, 6.45) is 1.63. The van der Waals surface area contributed by atoms with Gasteiger partial charge in [-0.2, -0.15) is 0 Å². The molecule has 25 heavy (non-hydrogen) atoms. The third-order valence-corrected chi connectivity index (χ3v) is 4.58. The molecular formula is C15H21N5O5. The molecule has 2 aliphatic rings. The van der Waals surface area contributed by atoms with E-state index in [2.05, 4.69) is 15.0 Å². The number of anilines is 1. The van der Waals surface area contributed by atoms with Crippen LogP contribution in [-0.4, -0.2) is 67.5 Å². The van der Waals surface area contributed by atoms with Gasteiger partial charge in [-0.1, -0.05) is 0 Å². The highest BCUT2D eigenvalue weighted by Crippen LogP contribution is 2.32. The predicted molar refractivity (Wildman–Crippen MR) is 85.2 cm³/mol. The van der Waals surface area contributed by atoms with E-state index in [1.807, 2.05) is 0 Å². The minimum absolute atomic E-state index is 0.128. The SMILES string of the molecule is Nc1ncnc2c1ncn2[C@@H]1O[C@H](COC2CCCCO2)[C@@H](O)[C@@H]1O. The van der Waals surface area contributed by atoms with Crippen LogP contribution in [0.3, 0.4) is 0 Å². The van der Waals surface area contributed by atoms with Gasteiger partial charge in [-0.05, 0) is 19.3 Å². The lowest BCUT2D eigenvalue weighted by atomic mass is 10.1. The number of imidazole rings is 1. The van der Waals surface area contributed by atoms with E-state index in [-0.39, 0.29) is 18.7 Å². The van der Waals surface area contributed by atoms with Crippen LogP contribution in [0.4, 0.5) is 5.82 Å². The highest BCUT2D eigenvalue weighted by atomic mass is 16.7. The first-order chi connectivity index (χ1) is 12.1. The number of aliphatic hydroxyl groups excluding tert-OH is 2. The molecule has 4 rings (SSSR count). The fraction of sp³-hybridized carbons (Fsp3) is 0.667. The van der Waals surface area contributed by atoms with Crippen molar-refractivity contribution < 1.29 is 24.4 Å². The van der Waals surface area contributed by atoms with Crippen molar-refractivity contribution in [3.8, 4) is 0 Å². The first-order valence-electron chi connectivity index (χ1n) is 8.33. The zero-order valence-corrected chi connectivity index (χ0v) is 13.6. The van der Waals surface area contributed by atoms with Gasteiger partial charge < -0.3 is 30.2 Å². The zero-order valence-electron chi connectivity index (χ0n) is 13.6. The van der Waals surface area contributed by atoms with E-state index in [1.165, 1.54) is 12.7 Å². The van der Waals surface area contributed by atoms with Gasteiger partial charge in [0.05, 0.1) is 12.9 Å². The van der Waals surface area contributed by atoms with Crippen molar-refractivity contribution in [3.63, 3.8) is 0 Å². The average molecular weight is 351 g/mol. The predicted octanol–water partition coefficient (Wildman–Crippen LogP) is -0.429. The number of ether oxygens (including phenoxy) is 3. The minimum Gasteiger partial charge on any atom is -0.387 e. The van der Waals surface area contributed by atoms with Crippen LogP contribution in [0.1, 0.15) is 25.5 Å². The largest absolute Gasteiger partial charge is 0.387 e. The fourth-order valence-electron chi connectivity index (χ4n) is 3.20. The maximum absolute atomic E-state index is 10.4. The molecule has 0 aromatic carbocycles. The Bertz CT molecular complexity index is 734. The van der Waals surface area contributed by atoms with E-state index in [4.69, 9.17) is 19.9 Å². The third-order valence-electron chi connectivity index (χ3n) is 4.58. The van der Waals surface area contributed by atoms with Crippen LogP contribution in [0.15, 0.2) is 12.7 Å². The molecule has 2 saturated heterocycles. The molecule has 10 heteroatoms. The van der Waals surface area contributed by atoms with Gasteiger partial charge in [0.25, 0.3) is 0 Å². The van der Waals surface area contributed by atoms with Gasteiger partial charge in [-0.3, -0.25) is 4.57 Å². The summed E-state index contributed by atoms with van der Waals surface area (Å²) in [7, 11) is 0. The summed E-state index contributed by atoms with van der Waals surface area (Å²) in [4.78, 5) is 12.2. The highest BCUT2D eigenvalue weighted by Gasteiger charge is 2.44. The Morgan fingerprint density at radius 1 is 1.24 bits per heavy atom. The summed E-state index contributed by atoms with van der Waals surface area (Å²) in [5.41, 5.74) is 6.63. The maximum Gasteiger partial charge on any atom is 0.167 e. The Balaban J connectivity index is 1.48. The highest BCUT2D eigenvalue weighted by molar-refractivity contribution is 5.81. The Kier molecular flexibility index (Phi) is 4.52. The molecule has 2 fully saturated rings. The number of rotatable bonds is 4. The van der Waals surface area contributed by atoms with Crippen LogP contribution >= 0.6 is 0 Å². The second-order valence-corrected chi connectivity index (χ2v) is 6.26. The summed E-state index contributed by atoms with van der Waals surface area (Å²) in [5, 5.41) is 20.7. The summed E-state index contributed by atoms with van der Waals surface area (Å²) in [6.45, 7) is 0.801. The average Bonchev–Trinajstić information content (AvgIpc) is 3.18. The summed E-state index contributed by atoms with van der Waals surface area (Å²) in [5.74, 6) is 0.242. The fourth-order valence-corrected chi connectivity index (χ4v) is 3.20. The van der Waals surface area contributed by atoms with Gasteiger partial charge in [0, 0.05) is 6.61 Å². The smallest absolute Gasteiger partial charge is 0.167 e. The van der Waals surface area contributed by atoms with Crippen LogP contribution in [-0.2, 0) is 14.2 Å². The van der Waals surface area contributed by atoms with Gasteiger partial charge in [0.2, 0.25) is 0 Å². The Hall–Kier alpha value is -1.85. The van der Waals surface area contributed by atoms with E-state index >= 15 is 0 Å². The van der Waals surface area contributed by atoms with Gasteiger partial charge in [-0.25, -0.2) is 15.0 Å². The topological polar surface area (TPSA) is 138 Å². The quantitative estimate of drug-likeness (QED) is 0.670. The van der Waals surface area contributed by atoms with Crippen molar-refractivity contribution in [3.05, 3.63) is 12.7 Å². The van der Waals surface area contributed by atoms with Crippen LogP contribution < -0.4 is 5.73 Å². The van der Waals surface area contributed by atoms with E-state index < -0.39 is 24.5 Å². The number of hydrogen-bond donors (Lipinski definition) is 3. The van der Waals surface area contributed by atoms with E-state index in [0.717, 1.165) is 19.3 Å². The van der Waals surface area contributed by atoms with Crippen molar-refractivity contribution in [2.24, 2.45) is 0 Å². The summed E-state index contributed by atoms with van der Waals surface area (Å²) >= 11 is 0. The Morgan fingerprint density at radius 3 is 2.92 bits per heavy atom. The molecular weight excluding hydrogens is 330 g/mol. The molecule has 2 aliphatic heterocycles. The van der Waals surface area contributed by atoms with Gasteiger partial charge in [-0.15, -0.1) is 0 Å². The first kappa shape index (κ1) is 16.6. The third kappa shape index (κ3) is 3.07. The van der Waals surface area contributed by atoms with Crippen LogP contribution in [0.5, 0.6) is 0 Å². The second-order valence-electron chi connectivity index (χ2n) is 6.26. The molecule has 2 aromatic heterocycles. The normalized spacial score (nSPS) is 33.1. The molecule has 1 unspecified atom stereocenters. The van der Waals surface area contributed by atoms with E-state index in [0.29, 0.717) is 17.8 Å². The van der Waals surface area contributed by atoms with Gasteiger partial charge >= 0.3 is 0 Å². The van der Waals surface area contributed by atoms with Crippen molar-refractivity contribution in [2.75, 3.05) is 18.9 Å². The maximum atomic E-state index is 10.4. The van der Waals surface area contributed by atoms with Crippen LogP contribution in [0.25, 0.3) is 11.2 Å². The van der Waals surface area contributed by atoms with Crippen LogP contribution in [0.2, 0.25) is 0 Å². The van der Waals surface area contributed by atoms with Crippen molar-refractivity contribution in [1.29, 1.82) is 0 Å². The molecule has 0 bridgehead atoms. The first-order valence-corrected chi connectivity index (χ1v) is 8.33. The monoisotopic (exact) mass is 351 g/mol. The Morgan fingerprint density at radius 2 is 2.12 bits per heavy atom. The number of aliphatic hydroxyl groups is 2. The molecule has 0 saturated carbocycles. The summed E-state index contributed by atoms with van der Waals surface area (Å²) in [6, 6.07) is 0. The van der Waals surface area contributed by atoms with Crippen LogP contribution in [0, 0.1) is 0 Å². The molecule has 136 valence electrons. The molecule has 4 N–H and O–H groups in total. The summed E-state index contributed by atoms with van der Waals surface area (Å²) < 4.78 is 18.5. The molecule has 0 aliphatic carbocycles. The van der Waals surface area contributed by atoms with Crippen molar-refractivity contribution in [1.82, 2.24) is 19.5 Å². The number of nitrogen functional groups attached to an aromatic ring is 1. The molecule has 10 nitrogen and oxygen atoms in total. The lowest BCUT2D eigenvalue weighted by Gasteiger charge is -2.24. The molecule has 2 aromatic rings. The van der Waals surface area contributed by atoms with Gasteiger partial charge in [0.1, 0.15) is 30.2 Å².